The van der Waals surface area contributed by atoms with Crippen molar-refractivity contribution in [2.24, 2.45) is 11.7 Å². The molecule has 0 aliphatic heterocycles. The summed E-state index contributed by atoms with van der Waals surface area (Å²) < 4.78 is 0. The largest absolute Gasteiger partial charge is 0.328 e. The summed E-state index contributed by atoms with van der Waals surface area (Å²) >= 11 is 0. The molecule has 4 heteroatoms. The van der Waals surface area contributed by atoms with Crippen LogP contribution in [-0.4, -0.2) is 31.6 Å². The minimum absolute atomic E-state index is 0. The van der Waals surface area contributed by atoms with Gasteiger partial charge in [-0.15, -0.1) is 24.8 Å². The van der Waals surface area contributed by atoms with Crippen molar-refractivity contribution in [2.75, 3.05) is 20.6 Å². The average molecular weight is 243 g/mol. The van der Waals surface area contributed by atoms with Crippen LogP contribution in [0, 0.1) is 5.92 Å². The smallest absolute Gasteiger partial charge is 0.00390 e. The van der Waals surface area contributed by atoms with Crippen LogP contribution >= 0.6 is 24.8 Å². The molecule has 0 radical (unpaired) electrons. The molecule has 0 saturated heterocycles. The predicted molar refractivity (Wildman–Crippen MR) is 67.6 cm³/mol. The van der Waals surface area contributed by atoms with E-state index in [4.69, 9.17) is 5.73 Å². The monoisotopic (exact) mass is 242 g/mol. The molecule has 2 nitrogen and oxygen atoms in total. The first-order valence-corrected chi connectivity index (χ1v) is 5.09. The van der Waals surface area contributed by atoms with Gasteiger partial charge in [0.25, 0.3) is 0 Å². The van der Waals surface area contributed by atoms with Gasteiger partial charge in [-0.3, -0.25) is 0 Å². The lowest BCUT2D eigenvalue weighted by Crippen LogP contribution is -2.28. The first-order valence-electron chi connectivity index (χ1n) is 5.09. The number of hydrogen-bond donors (Lipinski definition) is 1. The molecule has 0 aromatic rings. The third-order valence-electron chi connectivity index (χ3n) is 2.88. The second-order valence-electron chi connectivity index (χ2n) is 4.37. The van der Waals surface area contributed by atoms with Crippen LogP contribution in [0.25, 0.3) is 0 Å². The molecule has 0 heterocycles. The Bertz CT molecular complexity index is 123. The van der Waals surface area contributed by atoms with Crippen LogP contribution < -0.4 is 5.73 Å². The highest BCUT2D eigenvalue weighted by Crippen LogP contribution is 2.25. The van der Waals surface area contributed by atoms with E-state index in [1.807, 2.05) is 0 Å². The Kier molecular flexibility index (Phi) is 10.6. The van der Waals surface area contributed by atoms with E-state index in [-0.39, 0.29) is 24.8 Å². The maximum Gasteiger partial charge on any atom is 0.00390 e. The molecule has 0 amide bonds. The van der Waals surface area contributed by atoms with Crippen molar-refractivity contribution >= 4 is 24.8 Å². The SMILES string of the molecule is CN(C)CCC1CCC(N)CC1.Cl.Cl. The van der Waals surface area contributed by atoms with Crippen molar-refractivity contribution in [2.45, 2.75) is 38.1 Å². The molecule has 0 spiro atoms. The second-order valence-corrected chi connectivity index (χ2v) is 4.37. The molecule has 2 N–H and O–H groups in total. The zero-order valence-electron chi connectivity index (χ0n) is 9.24. The Labute approximate surface area is 100 Å². The zero-order valence-corrected chi connectivity index (χ0v) is 10.9. The van der Waals surface area contributed by atoms with Crippen molar-refractivity contribution in [3.8, 4) is 0 Å². The van der Waals surface area contributed by atoms with Crippen LogP contribution in [-0.2, 0) is 0 Å². The molecular formula is C10H24Cl2N2. The van der Waals surface area contributed by atoms with Gasteiger partial charge in [-0.25, -0.2) is 0 Å². The van der Waals surface area contributed by atoms with Crippen molar-refractivity contribution in [1.82, 2.24) is 4.90 Å². The summed E-state index contributed by atoms with van der Waals surface area (Å²) in [5, 5.41) is 0. The molecule has 1 aliphatic rings. The van der Waals surface area contributed by atoms with Crippen molar-refractivity contribution in [3.63, 3.8) is 0 Å². The molecule has 1 aliphatic carbocycles. The maximum absolute atomic E-state index is 5.84. The summed E-state index contributed by atoms with van der Waals surface area (Å²) in [6.45, 7) is 1.24. The van der Waals surface area contributed by atoms with Gasteiger partial charge in [0.15, 0.2) is 0 Å². The van der Waals surface area contributed by atoms with Gasteiger partial charge in [-0.05, 0) is 58.7 Å². The van der Waals surface area contributed by atoms with E-state index in [0.29, 0.717) is 6.04 Å². The number of hydrogen-bond acceptors (Lipinski definition) is 2. The Morgan fingerprint density at radius 1 is 1.07 bits per heavy atom. The lowest BCUT2D eigenvalue weighted by molar-refractivity contribution is 0.275. The van der Waals surface area contributed by atoms with Gasteiger partial charge in [0, 0.05) is 6.04 Å². The molecule has 0 bridgehead atoms. The first kappa shape index (κ1) is 16.9. The summed E-state index contributed by atoms with van der Waals surface area (Å²) in [7, 11) is 4.29. The van der Waals surface area contributed by atoms with Gasteiger partial charge in [0.2, 0.25) is 0 Å². The Hall–Kier alpha value is 0.500. The van der Waals surface area contributed by atoms with Crippen LogP contribution in [0.15, 0.2) is 0 Å². The quantitative estimate of drug-likeness (QED) is 0.824. The summed E-state index contributed by atoms with van der Waals surface area (Å²) in [5.74, 6) is 0.951. The number of nitrogens with zero attached hydrogens (tertiary/aromatic N) is 1. The molecule has 0 unspecified atom stereocenters. The Morgan fingerprint density at radius 2 is 1.57 bits per heavy atom. The molecule has 0 aromatic carbocycles. The Balaban J connectivity index is 0. The topological polar surface area (TPSA) is 29.3 Å². The van der Waals surface area contributed by atoms with Crippen molar-refractivity contribution < 1.29 is 0 Å². The minimum atomic E-state index is 0. The standard InChI is InChI=1S/C10H22N2.2ClH/c1-12(2)8-7-9-3-5-10(11)6-4-9;;/h9-10H,3-8,11H2,1-2H3;2*1H. The number of halogens is 2. The fourth-order valence-electron chi connectivity index (χ4n) is 1.92. The molecule has 0 aromatic heterocycles. The van der Waals surface area contributed by atoms with E-state index in [9.17, 15) is 0 Å². The van der Waals surface area contributed by atoms with E-state index < -0.39 is 0 Å². The van der Waals surface area contributed by atoms with E-state index in [2.05, 4.69) is 19.0 Å². The van der Waals surface area contributed by atoms with Crippen LogP contribution in [0.5, 0.6) is 0 Å². The normalized spacial score (nSPS) is 26.6. The van der Waals surface area contributed by atoms with Crippen molar-refractivity contribution in [1.29, 1.82) is 0 Å². The predicted octanol–water partition coefficient (Wildman–Crippen LogP) is 2.30. The fraction of sp³-hybridized carbons (Fsp3) is 1.00. The molecule has 1 rings (SSSR count). The highest BCUT2D eigenvalue weighted by Gasteiger charge is 2.17. The third kappa shape index (κ3) is 6.88. The summed E-state index contributed by atoms with van der Waals surface area (Å²) in [6, 6.07) is 0.501. The van der Waals surface area contributed by atoms with Gasteiger partial charge in [-0.2, -0.15) is 0 Å². The third-order valence-corrected chi connectivity index (χ3v) is 2.88. The highest BCUT2D eigenvalue weighted by molar-refractivity contribution is 5.85. The van der Waals surface area contributed by atoms with Crippen LogP contribution in [0.3, 0.4) is 0 Å². The van der Waals surface area contributed by atoms with Gasteiger partial charge in [0.1, 0.15) is 0 Å². The fourth-order valence-corrected chi connectivity index (χ4v) is 1.92. The van der Waals surface area contributed by atoms with E-state index in [1.165, 1.54) is 38.6 Å². The number of rotatable bonds is 3. The van der Waals surface area contributed by atoms with E-state index >= 15 is 0 Å². The number of nitrogens with two attached hydrogens (primary N) is 1. The van der Waals surface area contributed by atoms with Crippen LogP contribution in [0.1, 0.15) is 32.1 Å². The summed E-state index contributed by atoms with van der Waals surface area (Å²) in [4.78, 5) is 2.27. The minimum Gasteiger partial charge on any atom is -0.328 e. The lowest BCUT2D eigenvalue weighted by atomic mass is 9.84. The van der Waals surface area contributed by atoms with Gasteiger partial charge in [-0.1, -0.05) is 0 Å². The summed E-state index contributed by atoms with van der Waals surface area (Å²) in [6.07, 6.45) is 6.57. The zero-order chi connectivity index (χ0) is 8.97. The lowest BCUT2D eigenvalue weighted by Gasteiger charge is -2.26. The van der Waals surface area contributed by atoms with E-state index in [0.717, 1.165) is 5.92 Å². The molecule has 0 atom stereocenters. The molecule has 88 valence electrons. The van der Waals surface area contributed by atoms with Crippen LogP contribution in [0.2, 0.25) is 0 Å². The van der Waals surface area contributed by atoms with Crippen LogP contribution in [0.4, 0.5) is 0 Å². The molecule has 1 saturated carbocycles. The van der Waals surface area contributed by atoms with Crippen molar-refractivity contribution in [3.05, 3.63) is 0 Å². The van der Waals surface area contributed by atoms with Gasteiger partial charge >= 0.3 is 0 Å². The molecule has 14 heavy (non-hydrogen) atoms. The van der Waals surface area contributed by atoms with Gasteiger partial charge < -0.3 is 10.6 Å². The summed E-state index contributed by atoms with van der Waals surface area (Å²) in [5.41, 5.74) is 5.84. The highest BCUT2D eigenvalue weighted by atomic mass is 35.5. The Morgan fingerprint density at radius 3 is 2.00 bits per heavy atom. The van der Waals surface area contributed by atoms with E-state index in [1.54, 1.807) is 0 Å². The molecule has 1 fully saturated rings. The van der Waals surface area contributed by atoms with Gasteiger partial charge in [0.05, 0.1) is 0 Å². The molecular weight excluding hydrogens is 219 g/mol. The average Bonchev–Trinajstić information content (AvgIpc) is 2.03. The second kappa shape index (κ2) is 8.78. The maximum atomic E-state index is 5.84. The first-order chi connectivity index (χ1) is 5.68.